The van der Waals surface area contributed by atoms with Crippen molar-refractivity contribution >= 4 is 5.78 Å². The van der Waals surface area contributed by atoms with Crippen molar-refractivity contribution in [2.24, 2.45) is 5.92 Å². The number of ketones is 1. The molecule has 0 rings (SSSR count). The van der Waals surface area contributed by atoms with Crippen LogP contribution in [-0.2, 0) is 4.79 Å². The van der Waals surface area contributed by atoms with E-state index in [1.807, 2.05) is 6.92 Å². The molecule has 0 heterocycles. The number of carbonyl (C=O) groups is 1. The van der Waals surface area contributed by atoms with Crippen LogP contribution < -0.4 is 0 Å². The zero-order valence-corrected chi connectivity index (χ0v) is 5.98. The molecule has 0 bridgehead atoms. The number of Topliss-reactive ketones (excluding diaryl/α,β-unsaturated/α-hetero) is 1. The second kappa shape index (κ2) is 4.14. The van der Waals surface area contributed by atoms with E-state index in [2.05, 4.69) is 12.8 Å². The molecule has 0 amide bonds. The molecule has 0 aromatic carbocycles. The van der Waals surface area contributed by atoms with E-state index in [1.54, 1.807) is 0 Å². The Kier molecular flexibility index (Phi) is 3.79. The highest BCUT2D eigenvalue weighted by Crippen LogP contribution is 2.05. The van der Waals surface area contributed by atoms with Gasteiger partial charge in [0.2, 0.25) is 5.78 Å². The molecular formula is C8H12O. The molecule has 0 aliphatic heterocycles. The summed E-state index contributed by atoms with van der Waals surface area (Å²) in [6.07, 6.45) is 6.43. The highest BCUT2D eigenvalue weighted by Gasteiger charge is 2.02. The van der Waals surface area contributed by atoms with E-state index in [9.17, 15) is 4.79 Å². The topological polar surface area (TPSA) is 17.1 Å². The Morgan fingerprint density at radius 2 is 2.33 bits per heavy atom. The summed E-state index contributed by atoms with van der Waals surface area (Å²) in [4.78, 5) is 10.5. The monoisotopic (exact) mass is 124 g/mol. The Morgan fingerprint density at radius 1 is 1.78 bits per heavy atom. The quantitative estimate of drug-likeness (QED) is 0.413. The summed E-state index contributed by atoms with van der Waals surface area (Å²) in [6, 6.07) is 0. The van der Waals surface area contributed by atoms with Crippen molar-refractivity contribution in [3.05, 3.63) is 0 Å². The maximum atomic E-state index is 10.5. The average Bonchev–Trinajstić information content (AvgIpc) is 1.87. The minimum Gasteiger partial charge on any atom is -0.285 e. The average molecular weight is 124 g/mol. The molecule has 50 valence electrons. The number of terminal acetylenes is 1. The highest BCUT2D eigenvalue weighted by atomic mass is 16.1. The zero-order valence-electron chi connectivity index (χ0n) is 5.98. The molecule has 1 atom stereocenters. The van der Waals surface area contributed by atoms with Gasteiger partial charge in [0.1, 0.15) is 0 Å². The second-order valence-electron chi connectivity index (χ2n) is 2.29. The lowest BCUT2D eigenvalue weighted by Gasteiger charge is -2.01. The Labute approximate surface area is 56.5 Å². The summed E-state index contributed by atoms with van der Waals surface area (Å²) in [6.45, 7) is 4.07. The van der Waals surface area contributed by atoms with E-state index >= 15 is 0 Å². The summed E-state index contributed by atoms with van der Waals surface area (Å²) < 4.78 is 0. The van der Waals surface area contributed by atoms with Crippen LogP contribution in [0.2, 0.25) is 0 Å². The van der Waals surface area contributed by atoms with Gasteiger partial charge in [0.05, 0.1) is 0 Å². The largest absolute Gasteiger partial charge is 0.285 e. The van der Waals surface area contributed by atoms with Gasteiger partial charge in [-0.15, -0.1) is 6.42 Å². The molecule has 0 fully saturated rings. The minimum absolute atomic E-state index is 0.0793. The van der Waals surface area contributed by atoms with Crippen LogP contribution in [0, 0.1) is 18.3 Å². The molecule has 0 radical (unpaired) electrons. The van der Waals surface area contributed by atoms with Crippen molar-refractivity contribution < 1.29 is 4.79 Å². The molecule has 0 aromatic heterocycles. The first kappa shape index (κ1) is 8.23. The summed E-state index contributed by atoms with van der Waals surface area (Å²) in [7, 11) is 0. The molecule has 1 unspecified atom stereocenters. The highest BCUT2D eigenvalue weighted by molar-refractivity contribution is 5.94. The van der Waals surface area contributed by atoms with E-state index in [-0.39, 0.29) is 5.78 Å². The second-order valence-corrected chi connectivity index (χ2v) is 2.29. The zero-order chi connectivity index (χ0) is 7.28. The van der Waals surface area contributed by atoms with Crippen LogP contribution in [0.25, 0.3) is 0 Å². The SMILES string of the molecule is C#CC(=O)CC(C)CC. The predicted octanol–water partition coefficient (Wildman–Crippen LogP) is 1.62. The first-order chi connectivity index (χ1) is 4.20. The van der Waals surface area contributed by atoms with Gasteiger partial charge in [0.25, 0.3) is 0 Å². The molecule has 1 nitrogen and oxygen atoms in total. The van der Waals surface area contributed by atoms with Gasteiger partial charge in [-0.2, -0.15) is 0 Å². The smallest absolute Gasteiger partial charge is 0.205 e. The van der Waals surface area contributed by atoms with Gasteiger partial charge in [0.15, 0.2) is 0 Å². The van der Waals surface area contributed by atoms with E-state index in [0.717, 1.165) is 6.42 Å². The fourth-order valence-corrected chi connectivity index (χ4v) is 0.520. The standard InChI is InChI=1S/C8H12O/c1-4-7(3)6-8(9)5-2/h2,7H,4,6H2,1,3H3. The summed E-state index contributed by atoms with van der Waals surface area (Å²) in [5.74, 6) is 2.45. The molecule has 0 saturated heterocycles. The first-order valence-corrected chi connectivity index (χ1v) is 3.20. The Morgan fingerprint density at radius 3 is 2.67 bits per heavy atom. The van der Waals surface area contributed by atoms with Crippen molar-refractivity contribution in [2.45, 2.75) is 26.7 Å². The van der Waals surface area contributed by atoms with Crippen LogP contribution in [0.5, 0.6) is 0 Å². The normalized spacial score (nSPS) is 12.1. The summed E-state index contributed by atoms with van der Waals surface area (Å²) in [5.41, 5.74) is 0. The molecule has 9 heavy (non-hydrogen) atoms. The number of hydrogen-bond acceptors (Lipinski definition) is 1. The fourth-order valence-electron chi connectivity index (χ4n) is 0.520. The van der Waals surface area contributed by atoms with Crippen molar-refractivity contribution in [3.63, 3.8) is 0 Å². The van der Waals surface area contributed by atoms with Crippen molar-refractivity contribution in [3.8, 4) is 12.3 Å². The van der Waals surface area contributed by atoms with Crippen LogP contribution in [0.3, 0.4) is 0 Å². The number of carbonyl (C=O) groups excluding carboxylic acids is 1. The van der Waals surface area contributed by atoms with Gasteiger partial charge in [-0.05, 0) is 11.8 Å². The van der Waals surface area contributed by atoms with Crippen LogP contribution >= 0.6 is 0 Å². The molecule has 0 aliphatic rings. The van der Waals surface area contributed by atoms with Crippen LogP contribution in [0.15, 0.2) is 0 Å². The molecule has 0 aromatic rings. The van der Waals surface area contributed by atoms with Crippen molar-refractivity contribution in [1.82, 2.24) is 0 Å². The lowest BCUT2D eigenvalue weighted by molar-refractivity contribution is -0.114. The van der Waals surface area contributed by atoms with Crippen LogP contribution in [0.1, 0.15) is 26.7 Å². The third kappa shape index (κ3) is 3.78. The maximum Gasteiger partial charge on any atom is 0.205 e. The minimum atomic E-state index is -0.0793. The predicted molar refractivity (Wildman–Crippen MR) is 37.9 cm³/mol. The summed E-state index contributed by atoms with van der Waals surface area (Å²) in [5, 5.41) is 0. The summed E-state index contributed by atoms with van der Waals surface area (Å²) >= 11 is 0. The lowest BCUT2D eigenvalue weighted by Crippen LogP contribution is -2.00. The van der Waals surface area contributed by atoms with Crippen molar-refractivity contribution in [2.75, 3.05) is 0 Å². The Bertz CT molecular complexity index is 130. The van der Waals surface area contributed by atoms with Crippen LogP contribution in [-0.4, -0.2) is 5.78 Å². The van der Waals surface area contributed by atoms with Gasteiger partial charge in [-0.1, -0.05) is 20.3 Å². The van der Waals surface area contributed by atoms with E-state index < -0.39 is 0 Å². The van der Waals surface area contributed by atoms with Crippen LogP contribution in [0.4, 0.5) is 0 Å². The van der Waals surface area contributed by atoms with Crippen molar-refractivity contribution in [1.29, 1.82) is 0 Å². The van der Waals surface area contributed by atoms with E-state index in [0.29, 0.717) is 12.3 Å². The molecule has 0 saturated carbocycles. The lowest BCUT2D eigenvalue weighted by atomic mass is 10.0. The molecular weight excluding hydrogens is 112 g/mol. The number of hydrogen-bond donors (Lipinski definition) is 0. The van der Waals surface area contributed by atoms with Gasteiger partial charge in [0, 0.05) is 6.42 Å². The first-order valence-electron chi connectivity index (χ1n) is 3.20. The molecule has 1 heteroatoms. The molecule has 0 spiro atoms. The third-order valence-electron chi connectivity index (χ3n) is 1.39. The fraction of sp³-hybridized carbons (Fsp3) is 0.625. The van der Waals surface area contributed by atoms with E-state index in [1.165, 1.54) is 0 Å². The van der Waals surface area contributed by atoms with Gasteiger partial charge in [-0.25, -0.2) is 0 Å². The molecule has 0 N–H and O–H groups in total. The Hall–Kier alpha value is -0.770. The third-order valence-corrected chi connectivity index (χ3v) is 1.39. The van der Waals surface area contributed by atoms with Gasteiger partial charge >= 0.3 is 0 Å². The van der Waals surface area contributed by atoms with Gasteiger partial charge < -0.3 is 0 Å². The molecule has 0 aliphatic carbocycles. The Balaban J connectivity index is 3.50. The maximum absolute atomic E-state index is 10.5. The number of rotatable bonds is 3. The van der Waals surface area contributed by atoms with E-state index in [4.69, 9.17) is 6.42 Å². The van der Waals surface area contributed by atoms with Gasteiger partial charge in [-0.3, -0.25) is 4.79 Å².